The predicted octanol–water partition coefficient (Wildman–Crippen LogP) is 4.87. The fourth-order valence-electron chi connectivity index (χ4n) is 8.62. The minimum Gasteiger partial charge on any atom is -0.366 e. The fourth-order valence-corrected chi connectivity index (χ4v) is 8.62. The van der Waals surface area contributed by atoms with E-state index in [-0.39, 0.29) is 5.60 Å². The molecule has 6 rings (SSSR count). The average Bonchev–Trinajstić information content (AvgIpc) is 3.21. The van der Waals surface area contributed by atoms with Crippen LogP contribution in [-0.2, 0) is 9.53 Å². The number of hydrogen-bond donors (Lipinski definition) is 0. The molecular weight excluding hydrogens is 320 g/mol. The molecule has 0 bridgehead atoms. The third-order valence-electron chi connectivity index (χ3n) is 9.44. The second kappa shape index (κ2) is 5.01. The normalized spacial score (nSPS) is 53.8. The highest BCUT2D eigenvalue weighted by Crippen LogP contribution is 2.78. The van der Waals surface area contributed by atoms with Gasteiger partial charge in [0.25, 0.3) is 0 Å². The zero-order chi connectivity index (χ0) is 17.7. The number of hydrogen-bond acceptors (Lipinski definition) is 2. The lowest BCUT2D eigenvalue weighted by atomic mass is 9.47. The summed E-state index contributed by atoms with van der Waals surface area (Å²) in [6, 6.07) is 0. The molecule has 0 N–H and O–H groups in total. The molecule has 4 fully saturated rings. The molecule has 1 spiro atoms. The van der Waals surface area contributed by atoms with Crippen molar-refractivity contribution in [1.29, 1.82) is 0 Å². The summed E-state index contributed by atoms with van der Waals surface area (Å²) in [5, 5.41) is 0. The van der Waals surface area contributed by atoms with Gasteiger partial charge in [-0.3, -0.25) is 4.79 Å². The number of rotatable bonds is 1. The second-order valence-electron chi connectivity index (χ2n) is 9.93. The highest BCUT2D eigenvalue weighted by Gasteiger charge is 2.77. The Kier molecular flexibility index (Phi) is 3.06. The van der Waals surface area contributed by atoms with Gasteiger partial charge in [-0.25, -0.2) is 0 Å². The van der Waals surface area contributed by atoms with Crippen molar-refractivity contribution >= 4 is 5.78 Å². The molecule has 3 unspecified atom stereocenters. The van der Waals surface area contributed by atoms with Gasteiger partial charge < -0.3 is 4.74 Å². The van der Waals surface area contributed by atoms with Gasteiger partial charge in [0.15, 0.2) is 5.78 Å². The molecule has 2 heteroatoms. The molecule has 0 aromatic carbocycles. The Balaban J connectivity index is 1.43. The molecular formula is C24H30O2. The van der Waals surface area contributed by atoms with Crippen molar-refractivity contribution in [2.45, 2.75) is 57.5 Å². The van der Waals surface area contributed by atoms with Crippen LogP contribution in [0.4, 0.5) is 0 Å². The monoisotopic (exact) mass is 350 g/mol. The summed E-state index contributed by atoms with van der Waals surface area (Å²) >= 11 is 0. The van der Waals surface area contributed by atoms with Gasteiger partial charge in [0.2, 0.25) is 0 Å². The van der Waals surface area contributed by atoms with Gasteiger partial charge >= 0.3 is 0 Å². The van der Waals surface area contributed by atoms with Crippen molar-refractivity contribution in [2.24, 2.45) is 40.9 Å². The lowest BCUT2D eigenvalue weighted by molar-refractivity contribution is -0.140. The molecule has 138 valence electrons. The van der Waals surface area contributed by atoms with Gasteiger partial charge in [-0.05, 0) is 85.7 Å². The summed E-state index contributed by atoms with van der Waals surface area (Å²) in [6.45, 7) is 7.68. The third kappa shape index (κ3) is 1.67. The number of carbonyl (C=O) groups is 1. The summed E-state index contributed by atoms with van der Waals surface area (Å²) in [5.41, 5.74) is 2.99. The van der Waals surface area contributed by atoms with Crippen molar-refractivity contribution in [3.63, 3.8) is 0 Å². The van der Waals surface area contributed by atoms with Gasteiger partial charge in [-0.15, -0.1) is 0 Å². The van der Waals surface area contributed by atoms with Crippen molar-refractivity contribution in [3.8, 4) is 0 Å². The van der Waals surface area contributed by atoms with Gasteiger partial charge in [0.05, 0.1) is 12.2 Å². The largest absolute Gasteiger partial charge is 0.366 e. The maximum atomic E-state index is 12.0. The fraction of sp³-hybridized carbons (Fsp3) is 0.708. The first-order chi connectivity index (χ1) is 12.6. The smallest absolute Gasteiger partial charge is 0.156 e. The number of ketones is 1. The molecule has 1 aliphatic heterocycles. The van der Waals surface area contributed by atoms with E-state index >= 15 is 0 Å². The number of fused-ring (bicyclic) bond motifs is 9. The maximum Gasteiger partial charge on any atom is 0.156 e. The van der Waals surface area contributed by atoms with Crippen LogP contribution in [0, 0.1) is 40.9 Å². The van der Waals surface area contributed by atoms with Gasteiger partial charge in [-0.2, -0.15) is 0 Å². The first-order valence-corrected chi connectivity index (χ1v) is 10.9. The summed E-state index contributed by atoms with van der Waals surface area (Å²) in [7, 11) is 0. The summed E-state index contributed by atoms with van der Waals surface area (Å²) in [6.07, 6.45) is 14.9. The zero-order valence-electron chi connectivity index (χ0n) is 15.9. The Labute approximate surface area is 156 Å². The van der Waals surface area contributed by atoms with Crippen molar-refractivity contribution < 1.29 is 9.53 Å². The molecule has 26 heavy (non-hydrogen) atoms. The third-order valence-corrected chi connectivity index (χ3v) is 9.44. The molecule has 2 nitrogen and oxygen atoms in total. The highest BCUT2D eigenvalue weighted by molar-refractivity contribution is 5.92. The zero-order valence-corrected chi connectivity index (χ0v) is 15.9. The highest BCUT2D eigenvalue weighted by atomic mass is 16.5. The van der Waals surface area contributed by atoms with Crippen LogP contribution in [0.15, 0.2) is 36.0 Å². The molecule has 0 aromatic heterocycles. The van der Waals surface area contributed by atoms with E-state index in [1.54, 1.807) is 0 Å². The lowest BCUT2D eigenvalue weighted by Gasteiger charge is -2.58. The number of carbonyl (C=O) groups excluding carboxylic acids is 1. The Morgan fingerprint density at radius 2 is 2.15 bits per heavy atom. The minimum atomic E-state index is 0.0437. The van der Waals surface area contributed by atoms with Crippen LogP contribution in [0.1, 0.15) is 51.9 Å². The summed E-state index contributed by atoms with van der Waals surface area (Å²) in [5.74, 6) is 4.89. The van der Waals surface area contributed by atoms with Crippen molar-refractivity contribution in [2.75, 3.05) is 6.61 Å². The Bertz CT molecular complexity index is 760. The Morgan fingerprint density at radius 3 is 2.92 bits per heavy atom. The predicted molar refractivity (Wildman–Crippen MR) is 101 cm³/mol. The van der Waals surface area contributed by atoms with E-state index in [1.165, 1.54) is 36.8 Å². The van der Waals surface area contributed by atoms with Gasteiger partial charge in [-0.1, -0.05) is 31.2 Å². The van der Waals surface area contributed by atoms with Crippen LogP contribution in [-0.4, -0.2) is 18.0 Å². The van der Waals surface area contributed by atoms with Crippen LogP contribution < -0.4 is 0 Å². The van der Waals surface area contributed by atoms with E-state index in [1.807, 2.05) is 6.08 Å². The average molecular weight is 351 g/mol. The standard InChI is InChI=1S/C24H30O2/c1-3-23-9-7-17-16-6-5-15(25)12-18(16)14(2)11-19(17)22(23)20-13-21(20)24(23)8-4-10-26-24/h4,8,12,16-17,19-22H,2-3,5-7,9-11,13H2,1H3/t16-,17?,19?,20-,21+,22?,23+,24+/m1/s1. The van der Waals surface area contributed by atoms with E-state index in [0.717, 1.165) is 55.5 Å². The molecule has 0 amide bonds. The van der Waals surface area contributed by atoms with Crippen LogP contribution in [0.25, 0.3) is 0 Å². The van der Waals surface area contributed by atoms with E-state index in [4.69, 9.17) is 4.74 Å². The van der Waals surface area contributed by atoms with Crippen LogP contribution in [0.3, 0.4) is 0 Å². The van der Waals surface area contributed by atoms with E-state index in [9.17, 15) is 4.79 Å². The van der Waals surface area contributed by atoms with E-state index in [2.05, 4.69) is 25.7 Å². The van der Waals surface area contributed by atoms with Crippen LogP contribution >= 0.6 is 0 Å². The quantitative estimate of drug-likeness (QED) is 0.631. The molecule has 8 atom stereocenters. The molecule has 0 radical (unpaired) electrons. The molecule has 6 aliphatic rings. The molecule has 0 aromatic rings. The Morgan fingerprint density at radius 1 is 1.27 bits per heavy atom. The first-order valence-electron chi connectivity index (χ1n) is 10.9. The summed E-state index contributed by atoms with van der Waals surface area (Å²) < 4.78 is 6.56. The first kappa shape index (κ1) is 15.9. The number of allylic oxidation sites excluding steroid dienone is 2. The molecule has 5 aliphatic carbocycles. The van der Waals surface area contributed by atoms with Crippen LogP contribution in [0.5, 0.6) is 0 Å². The molecule has 4 saturated carbocycles. The van der Waals surface area contributed by atoms with Gasteiger partial charge in [0, 0.05) is 11.8 Å². The lowest BCUT2D eigenvalue weighted by Crippen LogP contribution is -2.56. The number of ether oxygens (including phenoxy) is 1. The van der Waals surface area contributed by atoms with E-state index in [0.29, 0.717) is 17.1 Å². The van der Waals surface area contributed by atoms with Crippen molar-refractivity contribution in [1.82, 2.24) is 0 Å². The Hall–Kier alpha value is -1.15. The minimum absolute atomic E-state index is 0.0437. The SMILES string of the molecule is C=C1CC2C(CC[C@@]3(CC)C2[C@@H]2C[C@@H]2[C@@]32C=CCO2)[C@H]2CCC(=O)C=C12. The van der Waals surface area contributed by atoms with Crippen molar-refractivity contribution in [3.05, 3.63) is 36.0 Å². The topological polar surface area (TPSA) is 26.3 Å². The molecule has 0 saturated heterocycles. The van der Waals surface area contributed by atoms with E-state index < -0.39 is 0 Å². The molecule has 1 heterocycles. The van der Waals surface area contributed by atoms with Crippen LogP contribution in [0.2, 0.25) is 0 Å². The second-order valence-corrected chi connectivity index (χ2v) is 9.93. The van der Waals surface area contributed by atoms with Gasteiger partial charge in [0.1, 0.15) is 0 Å². The summed E-state index contributed by atoms with van der Waals surface area (Å²) in [4.78, 5) is 12.0. The maximum absolute atomic E-state index is 12.0.